The van der Waals surface area contributed by atoms with Gasteiger partial charge < -0.3 is 0 Å². The summed E-state index contributed by atoms with van der Waals surface area (Å²) in [5.41, 5.74) is 4.62. The Labute approximate surface area is 325 Å². The van der Waals surface area contributed by atoms with Crippen LogP contribution in [0.25, 0.3) is 0 Å². The quantitative estimate of drug-likeness (QED) is 0.106. The summed E-state index contributed by atoms with van der Waals surface area (Å²) in [7, 11) is 0. The van der Waals surface area contributed by atoms with Gasteiger partial charge in [0.05, 0.1) is 0 Å². The highest BCUT2D eigenvalue weighted by atomic mass is 32.1. The van der Waals surface area contributed by atoms with Gasteiger partial charge in [0.1, 0.15) is 0 Å². The smallest absolute Gasteiger partial charge is 0.00478 e. The van der Waals surface area contributed by atoms with E-state index in [1.165, 1.54) is 146 Å². The van der Waals surface area contributed by atoms with Crippen LogP contribution in [0.4, 0.5) is 0 Å². The van der Waals surface area contributed by atoms with Crippen LogP contribution in [0.15, 0.2) is 36.5 Å². The second kappa shape index (κ2) is 19.9. The summed E-state index contributed by atoms with van der Waals surface area (Å²) in [4.78, 5) is 0. The molecule has 0 aliphatic heterocycles. The second-order valence-electron chi connectivity index (χ2n) is 20.6. The van der Waals surface area contributed by atoms with Crippen LogP contribution in [0.1, 0.15) is 189 Å². The van der Waals surface area contributed by atoms with E-state index in [9.17, 15) is 0 Å². The monoisotopic (exact) mass is 719 g/mol. The van der Waals surface area contributed by atoms with Crippen molar-refractivity contribution in [3.05, 3.63) is 36.5 Å². The van der Waals surface area contributed by atoms with Crippen LogP contribution in [0, 0.1) is 82.9 Å². The van der Waals surface area contributed by atoms with Gasteiger partial charge in [0.25, 0.3) is 0 Å². The number of fused-ring (bicyclic) bond motifs is 1. The lowest BCUT2D eigenvalue weighted by Crippen LogP contribution is -2.38. The molecule has 1 heteroatoms. The number of hydrogen-bond acceptors (Lipinski definition) is 1. The van der Waals surface area contributed by atoms with Gasteiger partial charge in [0.15, 0.2) is 0 Å². The van der Waals surface area contributed by atoms with E-state index >= 15 is 0 Å². The molecule has 51 heavy (non-hydrogen) atoms. The molecule has 292 valence electrons. The molecule has 0 nitrogen and oxygen atoms in total. The van der Waals surface area contributed by atoms with Crippen molar-refractivity contribution in [1.29, 1.82) is 0 Å². The van der Waals surface area contributed by atoms with Crippen LogP contribution in [-0.4, -0.2) is 5.25 Å². The predicted molar refractivity (Wildman–Crippen MR) is 229 cm³/mol. The highest BCUT2D eigenvalue weighted by molar-refractivity contribution is 7.81. The molecule has 0 radical (unpaired) electrons. The van der Waals surface area contributed by atoms with Crippen molar-refractivity contribution in [3.8, 4) is 0 Å². The molecule has 15 atom stereocenters. The molecule has 0 aromatic carbocycles. The minimum atomic E-state index is 0.599. The molecule has 0 saturated heterocycles. The molecule has 5 aliphatic rings. The highest BCUT2D eigenvalue weighted by Crippen LogP contribution is 2.54. The number of hydrogen-bond donors (Lipinski definition) is 1. The maximum atomic E-state index is 5.12. The van der Waals surface area contributed by atoms with E-state index in [0.717, 1.165) is 76.9 Å². The highest BCUT2D eigenvalue weighted by Gasteiger charge is 2.43. The third kappa shape index (κ3) is 11.5. The Balaban J connectivity index is 1.12. The molecule has 0 amide bonds. The minimum absolute atomic E-state index is 0.599. The Morgan fingerprint density at radius 1 is 0.745 bits per heavy atom. The molecule has 0 bridgehead atoms. The molecule has 0 spiro atoms. The van der Waals surface area contributed by atoms with Crippen LogP contribution in [-0.2, 0) is 0 Å². The fraction of sp³-hybridized carbons (Fsp3) is 0.880. The normalized spacial score (nSPS) is 39.0. The fourth-order valence-electron chi connectivity index (χ4n) is 13.5. The number of allylic oxidation sites excluding steroid dienone is 3. The molecule has 0 aromatic rings. The molecular weight excluding hydrogens is 633 g/mol. The molecule has 5 aliphatic carbocycles. The van der Waals surface area contributed by atoms with Crippen LogP contribution < -0.4 is 0 Å². The lowest BCUT2D eigenvalue weighted by Gasteiger charge is -2.47. The first-order valence-electron chi connectivity index (χ1n) is 23.1. The largest absolute Gasteiger partial charge is 0.176 e. The average molecular weight is 719 g/mol. The van der Waals surface area contributed by atoms with Crippen LogP contribution >= 0.6 is 12.6 Å². The van der Waals surface area contributed by atoms with Crippen LogP contribution in [0.5, 0.6) is 0 Å². The first-order chi connectivity index (χ1) is 24.4. The second-order valence-corrected chi connectivity index (χ2v) is 21.2. The Kier molecular flexibility index (Phi) is 16.3. The van der Waals surface area contributed by atoms with Crippen LogP contribution in [0.2, 0.25) is 0 Å². The maximum Gasteiger partial charge on any atom is 0.00478 e. The predicted octanol–water partition coefficient (Wildman–Crippen LogP) is 15.7. The van der Waals surface area contributed by atoms with Crippen molar-refractivity contribution >= 4 is 12.6 Å². The Morgan fingerprint density at radius 3 is 2.22 bits per heavy atom. The summed E-state index contributed by atoms with van der Waals surface area (Å²) in [5, 5.41) is 0.599. The molecule has 0 heterocycles. The molecule has 5 saturated carbocycles. The van der Waals surface area contributed by atoms with Gasteiger partial charge in [-0.25, -0.2) is 0 Å². The standard InChI is InChI=1S/C50H86S/c1-10-12-35(5)36(6)15-21-43(39(9)48-32-46(13-11-2)50(51)28-38(48)8)26-34(4)25-42-20-23-45-31-47(27-37(7)49(45)30-42)44-22-19-41(29-44)18-17-40-16-14-33(3)24-40/h35,37-51H,3-4,6,10-32H2,1-2,5,7-9H3/t35-,37?,38+,39-,40?,41?,42?,43?,44?,45?,46?,47?,48-,49?,50?/m1/s1. The van der Waals surface area contributed by atoms with Gasteiger partial charge in [-0.3, -0.25) is 0 Å². The Hall–Kier alpha value is -0.430. The third-order valence-corrected chi connectivity index (χ3v) is 17.4. The fourth-order valence-corrected chi connectivity index (χ4v) is 14.1. The van der Waals surface area contributed by atoms with Crippen molar-refractivity contribution < 1.29 is 0 Å². The van der Waals surface area contributed by atoms with Gasteiger partial charge in [-0.2, -0.15) is 12.6 Å². The molecule has 5 fully saturated rings. The molecule has 5 rings (SSSR count). The van der Waals surface area contributed by atoms with Crippen LogP contribution in [0.3, 0.4) is 0 Å². The van der Waals surface area contributed by atoms with E-state index in [-0.39, 0.29) is 0 Å². The third-order valence-electron chi connectivity index (χ3n) is 16.8. The van der Waals surface area contributed by atoms with Gasteiger partial charge in [-0.15, -0.1) is 0 Å². The van der Waals surface area contributed by atoms with Crippen molar-refractivity contribution in [2.45, 2.75) is 194 Å². The van der Waals surface area contributed by atoms with E-state index in [2.05, 4.69) is 54.7 Å². The van der Waals surface area contributed by atoms with Gasteiger partial charge in [-0.1, -0.05) is 104 Å². The molecular formula is C50H86S. The van der Waals surface area contributed by atoms with E-state index in [4.69, 9.17) is 19.2 Å². The number of thiol groups is 1. The first kappa shape index (κ1) is 41.7. The Morgan fingerprint density at radius 2 is 1.49 bits per heavy atom. The first-order valence-corrected chi connectivity index (χ1v) is 23.7. The minimum Gasteiger partial charge on any atom is -0.176 e. The van der Waals surface area contributed by atoms with E-state index < -0.39 is 0 Å². The summed E-state index contributed by atoms with van der Waals surface area (Å²) >= 11 is 5.12. The zero-order valence-corrected chi connectivity index (χ0v) is 35.9. The topological polar surface area (TPSA) is 0 Å². The average Bonchev–Trinajstić information content (AvgIpc) is 3.75. The number of rotatable bonds is 18. The van der Waals surface area contributed by atoms with Crippen molar-refractivity contribution in [2.24, 2.45) is 82.9 Å². The van der Waals surface area contributed by atoms with Gasteiger partial charge >= 0.3 is 0 Å². The van der Waals surface area contributed by atoms with E-state index in [0.29, 0.717) is 11.2 Å². The zero-order chi connectivity index (χ0) is 36.7. The van der Waals surface area contributed by atoms with Crippen molar-refractivity contribution in [3.63, 3.8) is 0 Å². The van der Waals surface area contributed by atoms with E-state index in [1.807, 2.05) is 0 Å². The summed E-state index contributed by atoms with van der Waals surface area (Å²) in [5.74, 6) is 12.4. The van der Waals surface area contributed by atoms with Gasteiger partial charge in [-0.05, 0) is 205 Å². The molecule has 0 aromatic heterocycles. The van der Waals surface area contributed by atoms with Gasteiger partial charge in [0.2, 0.25) is 0 Å². The Bertz CT molecular complexity index is 1100. The zero-order valence-electron chi connectivity index (χ0n) is 35.0. The summed E-state index contributed by atoms with van der Waals surface area (Å²) in [6, 6.07) is 0. The van der Waals surface area contributed by atoms with Gasteiger partial charge in [0, 0.05) is 5.25 Å². The maximum absolute atomic E-state index is 5.12. The molecule has 0 N–H and O–H groups in total. The lowest BCUT2D eigenvalue weighted by molar-refractivity contribution is 0.0318. The van der Waals surface area contributed by atoms with Crippen molar-refractivity contribution in [1.82, 2.24) is 0 Å². The van der Waals surface area contributed by atoms with E-state index in [1.54, 1.807) is 18.4 Å². The summed E-state index contributed by atoms with van der Waals surface area (Å²) in [6.45, 7) is 28.7. The summed E-state index contributed by atoms with van der Waals surface area (Å²) in [6.07, 6.45) is 32.2. The lowest BCUT2D eigenvalue weighted by atomic mass is 9.58. The SMILES string of the molecule is C=C1CCC(CCC2CCC(C3CC(C)C4CC(CC(=C)CC(CCC(=C)[C@H](C)CCC)[C@@H](C)[C@@H]5CC(CCC)C(S)C[C@@H]5C)CCC4C3)C2)C1. The van der Waals surface area contributed by atoms with Crippen molar-refractivity contribution in [2.75, 3.05) is 0 Å². The molecule has 11 unspecified atom stereocenters. The summed E-state index contributed by atoms with van der Waals surface area (Å²) < 4.78 is 0.